The number of hydrogen-bond acceptors (Lipinski definition) is 6. The van der Waals surface area contributed by atoms with Gasteiger partial charge in [-0.2, -0.15) is 0 Å². The van der Waals surface area contributed by atoms with Crippen LogP contribution in [0.2, 0.25) is 5.02 Å². The van der Waals surface area contributed by atoms with Gasteiger partial charge >= 0.3 is 0 Å². The summed E-state index contributed by atoms with van der Waals surface area (Å²) in [6.45, 7) is 15.7. The number of benzene rings is 2. The molecule has 2 aromatic carbocycles. The summed E-state index contributed by atoms with van der Waals surface area (Å²) in [5, 5.41) is 0.770. The number of hydrogen-bond donors (Lipinski definition) is 0. The van der Waals surface area contributed by atoms with Crippen LogP contribution in [0.4, 0.5) is 5.69 Å². The summed E-state index contributed by atoms with van der Waals surface area (Å²) >= 11 is 6.45. The molecule has 3 aliphatic heterocycles. The zero-order valence-electron chi connectivity index (χ0n) is 28.1. The standard InChI is InChI=1S/C38H52ClN3O4/c1-5-8-10-30(20-40-15-16-42-33(22-40)25-45-26-38(42)44)34(7-3)27(4)19-41-21-31(35-13-12-32(39)18-29(35)9-6-2)24-46-37-14-11-28(23-43)17-36(37)41/h8,10-14,17-18,23,27,30-31,33-34H,5-7,9,15-16,19-22,24-26H2,1-4H3/b10-8+. The quantitative estimate of drug-likeness (QED) is 0.174. The summed E-state index contributed by atoms with van der Waals surface area (Å²) in [6.07, 6.45) is 9.79. The highest BCUT2D eigenvalue weighted by molar-refractivity contribution is 6.30. The highest BCUT2D eigenvalue weighted by Gasteiger charge is 2.36. The fraction of sp³-hybridized carbons (Fsp3) is 0.579. The summed E-state index contributed by atoms with van der Waals surface area (Å²) in [5.41, 5.74) is 4.25. The van der Waals surface area contributed by atoms with Gasteiger partial charge in [-0.25, -0.2) is 0 Å². The third kappa shape index (κ3) is 8.15. The van der Waals surface area contributed by atoms with E-state index in [-0.39, 0.29) is 24.5 Å². The van der Waals surface area contributed by atoms with Crippen molar-refractivity contribution < 1.29 is 19.1 Å². The number of halogens is 1. The van der Waals surface area contributed by atoms with E-state index in [9.17, 15) is 9.59 Å². The summed E-state index contributed by atoms with van der Waals surface area (Å²) < 4.78 is 12.1. The number of morpholine rings is 1. The van der Waals surface area contributed by atoms with Gasteiger partial charge in [0.05, 0.1) is 24.9 Å². The number of carbonyl (C=O) groups excluding carboxylic acids is 2. The Morgan fingerprint density at radius 2 is 1.89 bits per heavy atom. The zero-order chi connectivity index (χ0) is 32.6. The number of fused-ring (bicyclic) bond motifs is 2. The lowest BCUT2D eigenvalue weighted by Gasteiger charge is -2.45. The molecule has 2 fully saturated rings. The van der Waals surface area contributed by atoms with E-state index in [4.69, 9.17) is 21.1 Å². The maximum atomic E-state index is 12.4. The number of nitrogens with zero attached hydrogens (tertiary/aromatic N) is 3. The molecule has 7 nitrogen and oxygen atoms in total. The molecule has 0 saturated carbocycles. The molecule has 5 rings (SSSR count). The second kappa shape index (κ2) is 16.3. The summed E-state index contributed by atoms with van der Waals surface area (Å²) in [7, 11) is 0. The van der Waals surface area contributed by atoms with Crippen LogP contribution >= 0.6 is 11.6 Å². The normalized spacial score (nSPS) is 22.5. The molecule has 2 aromatic rings. The van der Waals surface area contributed by atoms with Crippen molar-refractivity contribution in [3.63, 3.8) is 0 Å². The Bertz CT molecular complexity index is 1370. The Labute approximate surface area is 280 Å². The Morgan fingerprint density at radius 1 is 1.04 bits per heavy atom. The second-order valence-electron chi connectivity index (χ2n) is 13.4. The molecule has 0 aromatic heterocycles. The molecule has 5 unspecified atom stereocenters. The van der Waals surface area contributed by atoms with Crippen LogP contribution in [0, 0.1) is 17.8 Å². The topological polar surface area (TPSA) is 62.3 Å². The van der Waals surface area contributed by atoms with Gasteiger partial charge in [-0.1, -0.05) is 70.4 Å². The molecule has 250 valence electrons. The first-order valence-corrected chi connectivity index (χ1v) is 17.7. The van der Waals surface area contributed by atoms with Crippen LogP contribution in [0.25, 0.3) is 0 Å². The maximum Gasteiger partial charge on any atom is 0.248 e. The number of aryl methyl sites for hydroxylation is 1. The fourth-order valence-electron chi connectivity index (χ4n) is 7.88. The maximum absolute atomic E-state index is 12.4. The van der Waals surface area contributed by atoms with Crippen molar-refractivity contribution in [2.75, 3.05) is 64.0 Å². The van der Waals surface area contributed by atoms with Crippen molar-refractivity contribution in [3.05, 3.63) is 70.3 Å². The predicted molar refractivity (Wildman–Crippen MR) is 186 cm³/mol. The van der Waals surface area contributed by atoms with E-state index in [2.05, 4.69) is 61.8 Å². The SMILES string of the molecule is CC/C=C/C(CN1CCN2C(=O)COCC2C1)C(CC)C(C)CN1CC(c2ccc(Cl)cc2CCC)COc2ccc(C=O)cc21. The lowest BCUT2D eigenvalue weighted by molar-refractivity contribution is -0.152. The third-order valence-electron chi connectivity index (χ3n) is 10.2. The van der Waals surface area contributed by atoms with Crippen molar-refractivity contribution in [2.24, 2.45) is 17.8 Å². The fourth-order valence-corrected chi connectivity index (χ4v) is 8.08. The largest absolute Gasteiger partial charge is 0.491 e. The van der Waals surface area contributed by atoms with E-state index in [0.29, 0.717) is 36.5 Å². The van der Waals surface area contributed by atoms with Gasteiger partial charge < -0.3 is 19.3 Å². The van der Waals surface area contributed by atoms with E-state index in [1.807, 2.05) is 29.2 Å². The average Bonchev–Trinajstić information content (AvgIpc) is 3.23. The molecule has 0 N–H and O–H groups in total. The molecule has 0 spiro atoms. The second-order valence-corrected chi connectivity index (χ2v) is 13.9. The number of piperazine rings is 1. The van der Waals surface area contributed by atoms with Gasteiger partial charge in [0.1, 0.15) is 18.6 Å². The molecule has 3 aliphatic rings. The number of allylic oxidation sites excluding steroid dienone is 1. The first-order valence-electron chi connectivity index (χ1n) is 17.4. The molecular formula is C38H52ClN3O4. The number of ether oxygens (including phenoxy) is 2. The molecule has 46 heavy (non-hydrogen) atoms. The molecule has 0 radical (unpaired) electrons. The molecule has 0 aliphatic carbocycles. The van der Waals surface area contributed by atoms with Crippen molar-refractivity contribution in [1.82, 2.24) is 9.80 Å². The van der Waals surface area contributed by atoms with Gasteiger partial charge in [0.15, 0.2) is 0 Å². The van der Waals surface area contributed by atoms with Gasteiger partial charge in [0.2, 0.25) is 5.91 Å². The van der Waals surface area contributed by atoms with Gasteiger partial charge in [-0.3, -0.25) is 14.5 Å². The summed E-state index contributed by atoms with van der Waals surface area (Å²) in [4.78, 5) is 31.3. The molecular weight excluding hydrogens is 598 g/mol. The zero-order valence-corrected chi connectivity index (χ0v) is 28.9. The van der Waals surface area contributed by atoms with E-state index in [0.717, 1.165) is 87.7 Å². The highest BCUT2D eigenvalue weighted by Crippen LogP contribution is 2.39. The van der Waals surface area contributed by atoms with Crippen LogP contribution in [0.5, 0.6) is 5.75 Å². The Morgan fingerprint density at radius 3 is 2.65 bits per heavy atom. The van der Waals surface area contributed by atoms with Crippen LogP contribution < -0.4 is 9.64 Å². The molecule has 3 heterocycles. The Hall–Kier alpha value is -2.87. The van der Waals surface area contributed by atoms with Crippen LogP contribution in [0.3, 0.4) is 0 Å². The number of rotatable bonds is 13. The van der Waals surface area contributed by atoms with Crippen molar-refractivity contribution in [1.29, 1.82) is 0 Å². The lowest BCUT2D eigenvalue weighted by Crippen LogP contribution is -2.60. The minimum Gasteiger partial charge on any atom is -0.491 e. The summed E-state index contributed by atoms with van der Waals surface area (Å²) in [5.74, 6) is 2.35. The monoisotopic (exact) mass is 649 g/mol. The van der Waals surface area contributed by atoms with Crippen LogP contribution in [0.1, 0.15) is 74.4 Å². The van der Waals surface area contributed by atoms with Crippen LogP contribution in [0.15, 0.2) is 48.6 Å². The molecule has 5 atom stereocenters. The van der Waals surface area contributed by atoms with E-state index in [1.54, 1.807) is 0 Å². The predicted octanol–water partition coefficient (Wildman–Crippen LogP) is 6.88. The molecule has 2 saturated heterocycles. The third-order valence-corrected chi connectivity index (χ3v) is 10.4. The van der Waals surface area contributed by atoms with Gasteiger partial charge in [-0.15, -0.1) is 0 Å². The first kappa shape index (κ1) is 34.5. The van der Waals surface area contributed by atoms with E-state index < -0.39 is 0 Å². The van der Waals surface area contributed by atoms with Gasteiger partial charge in [0.25, 0.3) is 0 Å². The van der Waals surface area contributed by atoms with E-state index >= 15 is 0 Å². The summed E-state index contributed by atoms with van der Waals surface area (Å²) in [6, 6.07) is 12.2. The first-order chi connectivity index (χ1) is 22.3. The Balaban J connectivity index is 1.39. The molecule has 1 amide bonds. The number of carbonyl (C=O) groups is 2. The van der Waals surface area contributed by atoms with Crippen molar-refractivity contribution >= 4 is 29.5 Å². The highest BCUT2D eigenvalue weighted by atomic mass is 35.5. The minimum absolute atomic E-state index is 0.122. The smallest absolute Gasteiger partial charge is 0.248 e. The number of aldehydes is 1. The molecule has 0 bridgehead atoms. The van der Waals surface area contributed by atoms with Crippen molar-refractivity contribution in [2.45, 2.75) is 65.3 Å². The van der Waals surface area contributed by atoms with Gasteiger partial charge in [0, 0.05) is 55.8 Å². The average molecular weight is 650 g/mol. The lowest BCUT2D eigenvalue weighted by atomic mass is 9.79. The van der Waals surface area contributed by atoms with Crippen LogP contribution in [-0.2, 0) is 16.0 Å². The van der Waals surface area contributed by atoms with Gasteiger partial charge in [-0.05, 0) is 72.1 Å². The van der Waals surface area contributed by atoms with Crippen LogP contribution in [-0.4, -0.2) is 87.1 Å². The van der Waals surface area contributed by atoms with E-state index in [1.165, 1.54) is 11.1 Å². The minimum atomic E-state index is 0.122. The molecule has 8 heteroatoms. The number of amides is 1. The van der Waals surface area contributed by atoms with Crippen molar-refractivity contribution in [3.8, 4) is 5.75 Å². The Kier molecular flexibility index (Phi) is 12.2. The number of anilines is 1.